The molecule has 1 aliphatic rings. The van der Waals surface area contributed by atoms with Crippen LogP contribution in [0.2, 0.25) is 0 Å². The van der Waals surface area contributed by atoms with Gasteiger partial charge in [0.15, 0.2) is 5.78 Å². The topological polar surface area (TPSA) is 26.3 Å². The summed E-state index contributed by atoms with van der Waals surface area (Å²) in [5.74, 6) is 1.20. The van der Waals surface area contributed by atoms with Crippen molar-refractivity contribution < 1.29 is 9.53 Å². The van der Waals surface area contributed by atoms with E-state index in [1.54, 1.807) is 0 Å². The largest absolute Gasteiger partial charge is 0.488 e. The maximum atomic E-state index is 12.3. The van der Waals surface area contributed by atoms with Crippen molar-refractivity contribution in [3.8, 4) is 5.75 Å². The van der Waals surface area contributed by atoms with Gasteiger partial charge in [-0.2, -0.15) is 0 Å². The maximum Gasteiger partial charge on any atom is 0.169 e. The zero-order chi connectivity index (χ0) is 13.9. The quantitative estimate of drug-likeness (QED) is 0.759. The van der Waals surface area contributed by atoms with E-state index in [2.05, 4.69) is 0 Å². The molecule has 102 valence electrons. The molecule has 0 bridgehead atoms. The number of aryl methyl sites for hydroxylation is 1. The molecule has 2 aromatic carbocycles. The lowest BCUT2D eigenvalue weighted by Crippen LogP contribution is -2.07. The average molecular weight is 266 g/mol. The second-order valence-corrected chi connectivity index (χ2v) is 5.36. The number of rotatable bonds is 5. The smallest absolute Gasteiger partial charge is 0.169 e. The fraction of sp³-hybridized carbons (Fsp3) is 0.278. The third kappa shape index (κ3) is 2.74. The van der Waals surface area contributed by atoms with Crippen molar-refractivity contribution in [3.05, 3.63) is 65.2 Å². The Balaban J connectivity index is 1.82. The summed E-state index contributed by atoms with van der Waals surface area (Å²) in [5.41, 5.74) is 2.87. The molecule has 0 unspecified atom stereocenters. The molecule has 20 heavy (non-hydrogen) atoms. The fourth-order valence-electron chi connectivity index (χ4n) is 2.33. The molecule has 0 aromatic heterocycles. The second kappa shape index (κ2) is 5.49. The number of ether oxygens (including phenoxy) is 1. The molecule has 0 spiro atoms. The third-order valence-corrected chi connectivity index (χ3v) is 3.65. The summed E-state index contributed by atoms with van der Waals surface area (Å²) in [4.78, 5) is 12.3. The molecule has 3 rings (SSSR count). The number of hydrogen-bond acceptors (Lipinski definition) is 2. The first-order valence-electron chi connectivity index (χ1n) is 7.06. The molecule has 0 aliphatic heterocycles. The molecule has 0 N–H and O–H groups in total. The molecule has 2 nitrogen and oxygen atoms in total. The van der Waals surface area contributed by atoms with Gasteiger partial charge in [0.2, 0.25) is 0 Å². The molecule has 1 fully saturated rings. The minimum atomic E-state index is 0.218. The van der Waals surface area contributed by atoms with E-state index < -0.39 is 0 Å². The summed E-state index contributed by atoms with van der Waals surface area (Å²) in [7, 11) is 0. The standard InChI is InChI=1S/C18H18O2/c1-13-6-5-9-16(17(19)15-10-11-15)18(13)20-12-14-7-3-2-4-8-14/h2-9,15H,10-12H2,1H3. The van der Waals surface area contributed by atoms with Gasteiger partial charge >= 0.3 is 0 Å². The summed E-state index contributed by atoms with van der Waals surface area (Å²) in [6, 6.07) is 15.8. The van der Waals surface area contributed by atoms with Crippen LogP contribution in [0.5, 0.6) is 5.75 Å². The summed E-state index contributed by atoms with van der Waals surface area (Å²) in [5, 5.41) is 0. The van der Waals surface area contributed by atoms with Crippen molar-refractivity contribution in [1.29, 1.82) is 0 Å². The van der Waals surface area contributed by atoms with Crippen molar-refractivity contribution in [2.24, 2.45) is 5.92 Å². The summed E-state index contributed by atoms with van der Waals surface area (Å²) in [6.07, 6.45) is 2.04. The van der Waals surface area contributed by atoms with Gasteiger partial charge in [0.05, 0.1) is 5.56 Å². The van der Waals surface area contributed by atoms with Crippen LogP contribution in [0.3, 0.4) is 0 Å². The van der Waals surface area contributed by atoms with Crippen LogP contribution in [0.4, 0.5) is 0 Å². The molecule has 2 aromatic rings. The molecule has 1 aliphatic carbocycles. The van der Waals surface area contributed by atoms with Gasteiger partial charge in [0.25, 0.3) is 0 Å². The van der Waals surface area contributed by atoms with Crippen LogP contribution in [0.1, 0.15) is 34.3 Å². The minimum absolute atomic E-state index is 0.218. The maximum absolute atomic E-state index is 12.3. The zero-order valence-corrected chi connectivity index (χ0v) is 11.6. The first-order chi connectivity index (χ1) is 9.75. The van der Waals surface area contributed by atoms with Gasteiger partial charge in [0, 0.05) is 5.92 Å². The fourth-order valence-corrected chi connectivity index (χ4v) is 2.33. The monoisotopic (exact) mass is 266 g/mol. The number of Topliss-reactive ketones (excluding diaryl/α,β-unsaturated/α-hetero) is 1. The van der Waals surface area contributed by atoms with Crippen LogP contribution < -0.4 is 4.74 Å². The highest BCUT2D eigenvalue weighted by molar-refractivity contribution is 6.01. The highest BCUT2D eigenvalue weighted by Gasteiger charge is 2.32. The third-order valence-electron chi connectivity index (χ3n) is 3.65. The number of carbonyl (C=O) groups is 1. The zero-order valence-electron chi connectivity index (χ0n) is 11.6. The van der Waals surface area contributed by atoms with Crippen molar-refractivity contribution in [1.82, 2.24) is 0 Å². The number of para-hydroxylation sites is 1. The molecule has 0 atom stereocenters. The van der Waals surface area contributed by atoms with Crippen molar-refractivity contribution in [3.63, 3.8) is 0 Å². The number of ketones is 1. The van der Waals surface area contributed by atoms with E-state index in [9.17, 15) is 4.79 Å². The normalized spacial score (nSPS) is 14.1. The van der Waals surface area contributed by atoms with Gasteiger partial charge in [-0.3, -0.25) is 4.79 Å². The summed E-state index contributed by atoms with van der Waals surface area (Å²) in [6.45, 7) is 2.49. The number of benzene rings is 2. The molecular weight excluding hydrogens is 248 g/mol. The van der Waals surface area contributed by atoms with E-state index in [-0.39, 0.29) is 11.7 Å². The van der Waals surface area contributed by atoms with Crippen LogP contribution in [-0.4, -0.2) is 5.78 Å². The second-order valence-electron chi connectivity index (χ2n) is 5.36. The van der Waals surface area contributed by atoms with Crippen molar-refractivity contribution in [2.75, 3.05) is 0 Å². The Morgan fingerprint density at radius 2 is 1.85 bits per heavy atom. The van der Waals surface area contributed by atoms with Gasteiger partial charge in [0.1, 0.15) is 12.4 Å². The van der Waals surface area contributed by atoms with Gasteiger partial charge in [-0.25, -0.2) is 0 Å². The molecule has 0 saturated heterocycles. The van der Waals surface area contributed by atoms with Crippen LogP contribution in [-0.2, 0) is 6.61 Å². The van der Waals surface area contributed by atoms with E-state index in [0.29, 0.717) is 6.61 Å². The predicted molar refractivity (Wildman–Crippen MR) is 79.0 cm³/mol. The van der Waals surface area contributed by atoms with E-state index in [4.69, 9.17) is 4.74 Å². The van der Waals surface area contributed by atoms with Crippen LogP contribution >= 0.6 is 0 Å². The first-order valence-corrected chi connectivity index (χ1v) is 7.06. The highest BCUT2D eigenvalue weighted by Crippen LogP contribution is 2.36. The highest BCUT2D eigenvalue weighted by atomic mass is 16.5. The number of carbonyl (C=O) groups excluding carboxylic acids is 1. The summed E-state index contributed by atoms with van der Waals surface area (Å²) < 4.78 is 5.93. The Morgan fingerprint density at radius 3 is 2.55 bits per heavy atom. The van der Waals surface area contributed by atoms with E-state index in [0.717, 1.165) is 35.3 Å². The lowest BCUT2D eigenvalue weighted by Gasteiger charge is -2.13. The Kier molecular flexibility index (Phi) is 3.55. The lowest BCUT2D eigenvalue weighted by molar-refractivity contribution is 0.0963. The van der Waals surface area contributed by atoms with E-state index in [1.165, 1.54) is 0 Å². The molecule has 0 radical (unpaired) electrons. The Labute approximate surface area is 119 Å². The van der Waals surface area contributed by atoms with Gasteiger partial charge < -0.3 is 4.74 Å². The van der Waals surface area contributed by atoms with Gasteiger partial charge in [-0.15, -0.1) is 0 Å². The molecule has 1 saturated carbocycles. The Bertz CT molecular complexity index is 613. The molecule has 0 amide bonds. The summed E-state index contributed by atoms with van der Waals surface area (Å²) >= 11 is 0. The molecular formula is C18H18O2. The van der Waals surface area contributed by atoms with Gasteiger partial charge in [-0.1, -0.05) is 42.5 Å². The predicted octanol–water partition coefficient (Wildman–Crippen LogP) is 4.17. The average Bonchev–Trinajstić information content (AvgIpc) is 3.31. The lowest BCUT2D eigenvalue weighted by atomic mass is 10.0. The van der Waals surface area contributed by atoms with E-state index in [1.807, 2.05) is 55.5 Å². The van der Waals surface area contributed by atoms with Crippen molar-refractivity contribution in [2.45, 2.75) is 26.4 Å². The molecule has 0 heterocycles. The number of hydrogen-bond donors (Lipinski definition) is 0. The van der Waals surface area contributed by atoms with Gasteiger partial charge in [-0.05, 0) is 37.0 Å². The minimum Gasteiger partial charge on any atom is -0.488 e. The van der Waals surface area contributed by atoms with Crippen molar-refractivity contribution >= 4 is 5.78 Å². The first kappa shape index (κ1) is 12.9. The Hall–Kier alpha value is -2.09. The molecule has 2 heteroatoms. The van der Waals surface area contributed by atoms with Crippen LogP contribution in [0.25, 0.3) is 0 Å². The van der Waals surface area contributed by atoms with E-state index >= 15 is 0 Å². The van der Waals surface area contributed by atoms with Crippen LogP contribution in [0, 0.1) is 12.8 Å². The SMILES string of the molecule is Cc1cccc(C(=O)C2CC2)c1OCc1ccccc1. The Morgan fingerprint density at radius 1 is 1.10 bits per heavy atom. The van der Waals surface area contributed by atoms with Crippen LogP contribution in [0.15, 0.2) is 48.5 Å².